The number of nitro groups is 1. The highest BCUT2D eigenvalue weighted by molar-refractivity contribution is 5.66. The van der Waals surface area contributed by atoms with Crippen molar-refractivity contribution in [3.8, 4) is 17.2 Å². The fraction of sp³-hybridized carbons (Fsp3) is 0. The van der Waals surface area contributed by atoms with Crippen LogP contribution in [0.15, 0.2) is 36.5 Å². The summed E-state index contributed by atoms with van der Waals surface area (Å²) in [6, 6.07) is 8.38. The Morgan fingerprint density at radius 2 is 1.94 bits per heavy atom. The summed E-state index contributed by atoms with van der Waals surface area (Å²) < 4.78 is 12.8. The number of benzene rings is 1. The third-order valence-electron chi connectivity index (χ3n) is 2.35. The molecule has 5 nitrogen and oxygen atoms in total. The fourth-order valence-corrected chi connectivity index (χ4v) is 1.48. The van der Waals surface area contributed by atoms with Gasteiger partial charge in [-0.25, -0.2) is 9.37 Å². The molecule has 0 saturated heterocycles. The van der Waals surface area contributed by atoms with E-state index < -0.39 is 10.7 Å². The van der Waals surface area contributed by atoms with Gasteiger partial charge >= 0.3 is 5.69 Å². The molecule has 0 saturated carbocycles. The lowest BCUT2D eigenvalue weighted by Crippen LogP contribution is -1.95. The van der Waals surface area contributed by atoms with Gasteiger partial charge < -0.3 is 0 Å². The van der Waals surface area contributed by atoms with E-state index in [0.29, 0.717) is 11.1 Å². The molecule has 88 valence electrons. The number of halogens is 1. The Hall–Kier alpha value is -2.81. The summed E-state index contributed by atoms with van der Waals surface area (Å²) in [4.78, 5) is 13.8. The van der Waals surface area contributed by atoms with E-state index >= 15 is 0 Å². The van der Waals surface area contributed by atoms with E-state index in [1.165, 1.54) is 36.5 Å². The fourth-order valence-electron chi connectivity index (χ4n) is 1.48. The molecule has 0 aliphatic rings. The maximum absolute atomic E-state index is 12.8. The van der Waals surface area contributed by atoms with E-state index in [1.807, 2.05) is 0 Å². The van der Waals surface area contributed by atoms with Crippen LogP contribution in [0.3, 0.4) is 0 Å². The number of hydrogen-bond acceptors (Lipinski definition) is 4. The van der Waals surface area contributed by atoms with Crippen LogP contribution in [0.4, 0.5) is 10.1 Å². The van der Waals surface area contributed by atoms with E-state index in [0.717, 1.165) is 0 Å². The Balaban J connectivity index is 2.54. The Bertz CT molecular complexity index is 647. The predicted octanol–water partition coefficient (Wildman–Crippen LogP) is 2.67. The SMILES string of the molecule is N#Cc1ncc(-c2ccc(F)cc2)cc1[N+](=O)[O-]. The first-order valence-corrected chi connectivity index (χ1v) is 4.92. The number of nitrogens with zero attached hydrogens (tertiary/aromatic N) is 3. The number of nitriles is 1. The molecule has 0 bridgehead atoms. The van der Waals surface area contributed by atoms with Crippen LogP contribution in [-0.4, -0.2) is 9.91 Å². The lowest BCUT2D eigenvalue weighted by atomic mass is 10.1. The highest BCUT2D eigenvalue weighted by Gasteiger charge is 2.16. The van der Waals surface area contributed by atoms with Gasteiger partial charge in [0.1, 0.15) is 11.9 Å². The molecule has 0 aliphatic heterocycles. The van der Waals surface area contributed by atoms with Crippen molar-refractivity contribution in [2.45, 2.75) is 0 Å². The molecular formula is C12H6FN3O2. The van der Waals surface area contributed by atoms with Crippen LogP contribution < -0.4 is 0 Å². The van der Waals surface area contributed by atoms with Crippen LogP contribution in [0.2, 0.25) is 0 Å². The number of pyridine rings is 1. The largest absolute Gasteiger partial charge is 0.306 e. The number of aromatic nitrogens is 1. The monoisotopic (exact) mass is 243 g/mol. The van der Waals surface area contributed by atoms with Crippen molar-refractivity contribution in [1.29, 1.82) is 5.26 Å². The Kier molecular flexibility index (Phi) is 2.98. The highest BCUT2D eigenvalue weighted by atomic mass is 19.1. The summed E-state index contributed by atoms with van der Waals surface area (Å²) in [6.45, 7) is 0. The van der Waals surface area contributed by atoms with Gasteiger partial charge in [-0.05, 0) is 17.7 Å². The normalized spacial score (nSPS) is 9.78. The maximum atomic E-state index is 12.8. The van der Waals surface area contributed by atoms with Gasteiger partial charge in [-0.15, -0.1) is 0 Å². The van der Waals surface area contributed by atoms with Crippen LogP contribution in [0.1, 0.15) is 5.69 Å². The minimum absolute atomic E-state index is 0.245. The van der Waals surface area contributed by atoms with Crippen molar-refractivity contribution in [2.75, 3.05) is 0 Å². The quantitative estimate of drug-likeness (QED) is 0.599. The summed E-state index contributed by atoms with van der Waals surface area (Å²) in [7, 11) is 0. The van der Waals surface area contributed by atoms with Gasteiger partial charge in [0, 0.05) is 17.8 Å². The van der Waals surface area contributed by atoms with Gasteiger partial charge in [0.25, 0.3) is 0 Å². The molecule has 0 amide bonds. The second-order valence-electron chi connectivity index (χ2n) is 3.47. The van der Waals surface area contributed by atoms with Crippen LogP contribution in [0.5, 0.6) is 0 Å². The smallest absolute Gasteiger partial charge is 0.258 e. The van der Waals surface area contributed by atoms with Gasteiger partial charge in [-0.3, -0.25) is 10.1 Å². The first-order chi connectivity index (χ1) is 8.61. The molecule has 2 aromatic rings. The van der Waals surface area contributed by atoms with E-state index in [2.05, 4.69) is 4.98 Å². The lowest BCUT2D eigenvalue weighted by Gasteiger charge is -2.01. The molecule has 0 fully saturated rings. The molecule has 2 rings (SSSR count). The molecule has 0 radical (unpaired) electrons. The van der Waals surface area contributed by atoms with Gasteiger partial charge in [0.15, 0.2) is 0 Å². The molecule has 0 unspecified atom stereocenters. The Morgan fingerprint density at radius 3 is 2.50 bits per heavy atom. The first-order valence-electron chi connectivity index (χ1n) is 4.92. The van der Waals surface area contributed by atoms with E-state index in [1.54, 1.807) is 6.07 Å². The first kappa shape index (κ1) is 11.7. The minimum atomic E-state index is -0.668. The van der Waals surface area contributed by atoms with Crippen LogP contribution in [-0.2, 0) is 0 Å². The summed E-state index contributed by atoms with van der Waals surface area (Å²) in [5.41, 5.74) is 0.447. The minimum Gasteiger partial charge on any atom is -0.258 e. The molecule has 0 N–H and O–H groups in total. The molecule has 18 heavy (non-hydrogen) atoms. The second-order valence-corrected chi connectivity index (χ2v) is 3.47. The predicted molar refractivity (Wildman–Crippen MR) is 61.0 cm³/mol. The summed E-state index contributed by atoms with van der Waals surface area (Å²) in [5.74, 6) is -0.394. The summed E-state index contributed by atoms with van der Waals surface area (Å²) in [6.07, 6.45) is 1.35. The average Bonchev–Trinajstić information content (AvgIpc) is 2.39. The topological polar surface area (TPSA) is 79.8 Å². The van der Waals surface area contributed by atoms with Crippen molar-refractivity contribution in [1.82, 2.24) is 4.98 Å². The molecular weight excluding hydrogens is 237 g/mol. The zero-order chi connectivity index (χ0) is 13.1. The molecule has 0 spiro atoms. The van der Waals surface area contributed by atoms with Gasteiger partial charge in [-0.1, -0.05) is 12.1 Å². The number of hydrogen-bond donors (Lipinski definition) is 0. The van der Waals surface area contributed by atoms with Crippen molar-refractivity contribution >= 4 is 5.69 Å². The van der Waals surface area contributed by atoms with Crippen LogP contribution in [0, 0.1) is 27.3 Å². The van der Waals surface area contributed by atoms with E-state index in [9.17, 15) is 14.5 Å². The van der Waals surface area contributed by atoms with Crippen LogP contribution >= 0.6 is 0 Å². The number of rotatable bonds is 2. The maximum Gasteiger partial charge on any atom is 0.306 e. The van der Waals surface area contributed by atoms with Crippen molar-refractivity contribution in [3.63, 3.8) is 0 Å². The second kappa shape index (κ2) is 4.59. The molecule has 0 aliphatic carbocycles. The molecule has 1 aromatic heterocycles. The van der Waals surface area contributed by atoms with Crippen LogP contribution in [0.25, 0.3) is 11.1 Å². The van der Waals surface area contributed by atoms with Crippen molar-refractivity contribution < 1.29 is 9.31 Å². The average molecular weight is 243 g/mol. The van der Waals surface area contributed by atoms with Gasteiger partial charge in [-0.2, -0.15) is 5.26 Å². The molecule has 1 aromatic carbocycles. The van der Waals surface area contributed by atoms with Crippen molar-refractivity contribution in [2.24, 2.45) is 0 Å². The molecule has 6 heteroatoms. The third kappa shape index (κ3) is 2.15. The van der Waals surface area contributed by atoms with Gasteiger partial charge in [0.05, 0.1) is 4.92 Å². The Morgan fingerprint density at radius 1 is 1.28 bits per heavy atom. The summed E-state index contributed by atoms with van der Waals surface area (Å²) >= 11 is 0. The molecule has 0 atom stereocenters. The highest BCUT2D eigenvalue weighted by Crippen LogP contribution is 2.25. The third-order valence-corrected chi connectivity index (χ3v) is 2.35. The van der Waals surface area contributed by atoms with E-state index in [-0.39, 0.29) is 11.4 Å². The lowest BCUT2D eigenvalue weighted by molar-refractivity contribution is -0.385. The zero-order valence-corrected chi connectivity index (χ0v) is 9.00. The van der Waals surface area contributed by atoms with Crippen molar-refractivity contribution in [3.05, 3.63) is 58.2 Å². The summed E-state index contributed by atoms with van der Waals surface area (Å²) in [5, 5.41) is 19.5. The Labute approximate surface area is 101 Å². The van der Waals surface area contributed by atoms with E-state index in [4.69, 9.17) is 5.26 Å². The standard InChI is InChI=1S/C12H6FN3O2/c13-10-3-1-8(2-4-10)9-5-12(16(17)18)11(6-14)15-7-9/h1-5,7H. The zero-order valence-electron chi connectivity index (χ0n) is 9.00. The molecule has 1 heterocycles. The van der Waals surface area contributed by atoms with Gasteiger partial charge in [0.2, 0.25) is 5.69 Å².